The lowest BCUT2D eigenvalue weighted by molar-refractivity contribution is 0.0968. The maximum Gasteiger partial charge on any atom is 0.176 e. The van der Waals surface area contributed by atoms with Crippen LogP contribution in [0.4, 0.5) is 5.69 Å². The second-order valence-electron chi connectivity index (χ2n) is 9.56. The number of ketones is 1. The van der Waals surface area contributed by atoms with Gasteiger partial charge in [-0.25, -0.2) is 0 Å². The summed E-state index contributed by atoms with van der Waals surface area (Å²) in [5, 5.41) is 14.9. The van der Waals surface area contributed by atoms with Crippen LogP contribution in [-0.4, -0.2) is 35.1 Å². The van der Waals surface area contributed by atoms with Crippen LogP contribution in [0.1, 0.15) is 56.3 Å². The SMILES string of the molecule is COc1cc(-c2ccc3ncc(C(=O)CC(C)C)c(NC4CCC(N)CC4)c3c2)cc(Cl)c1O. The first-order valence-electron chi connectivity index (χ1n) is 11.8. The molecule has 1 aliphatic rings. The van der Waals surface area contributed by atoms with Gasteiger partial charge in [0, 0.05) is 30.1 Å². The molecule has 0 amide bonds. The average Bonchev–Trinajstić information content (AvgIpc) is 2.81. The van der Waals surface area contributed by atoms with Crippen molar-refractivity contribution in [1.29, 1.82) is 0 Å². The molecule has 0 aliphatic heterocycles. The molecule has 1 aromatic heterocycles. The number of hydrogen-bond donors (Lipinski definition) is 3. The Morgan fingerprint density at radius 2 is 1.94 bits per heavy atom. The summed E-state index contributed by atoms with van der Waals surface area (Å²) in [4.78, 5) is 17.8. The first kappa shape index (κ1) is 24.3. The van der Waals surface area contributed by atoms with E-state index in [2.05, 4.69) is 10.3 Å². The summed E-state index contributed by atoms with van der Waals surface area (Å²) in [5.74, 6) is 0.550. The van der Waals surface area contributed by atoms with Crippen LogP contribution in [0.15, 0.2) is 36.5 Å². The molecule has 0 spiro atoms. The van der Waals surface area contributed by atoms with Crippen molar-refractivity contribution in [3.05, 3.63) is 47.1 Å². The van der Waals surface area contributed by atoms with E-state index in [0.717, 1.165) is 53.4 Å². The third-order valence-corrected chi connectivity index (χ3v) is 6.75. The third-order valence-electron chi connectivity index (χ3n) is 6.46. The fourth-order valence-corrected chi connectivity index (χ4v) is 4.79. The van der Waals surface area contributed by atoms with Gasteiger partial charge in [-0.15, -0.1) is 0 Å². The van der Waals surface area contributed by atoms with Crippen LogP contribution in [0.5, 0.6) is 11.5 Å². The van der Waals surface area contributed by atoms with Gasteiger partial charge >= 0.3 is 0 Å². The number of hydrogen-bond acceptors (Lipinski definition) is 6. The van der Waals surface area contributed by atoms with Crippen LogP contribution in [-0.2, 0) is 0 Å². The van der Waals surface area contributed by atoms with Gasteiger partial charge in [0.15, 0.2) is 17.3 Å². The van der Waals surface area contributed by atoms with Gasteiger partial charge in [0.1, 0.15) is 0 Å². The van der Waals surface area contributed by atoms with Crippen molar-refractivity contribution in [2.45, 2.75) is 58.0 Å². The Balaban J connectivity index is 1.83. The Hall–Kier alpha value is -2.83. The van der Waals surface area contributed by atoms with E-state index in [1.165, 1.54) is 7.11 Å². The van der Waals surface area contributed by atoms with Crippen LogP contribution in [0.2, 0.25) is 5.02 Å². The summed E-state index contributed by atoms with van der Waals surface area (Å²) in [7, 11) is 1.49. The summed E-state index contributed by atoms with van der Waals surface area (Å²) in [6, 6.07) is 9.87. The smallest absolute Gasteiger partial charge is 0.176 e. The molecule has 1 saturated carbocycles. The Bertz CT molecular complexity index is 1200. The largest absolute Gasteiger partial charge is 0.503 e. The number of carbonyl (C=O) groups is 1. The van der Waals surface area contributed by atoms with Crippen LogP contribution in [0, 0.1) is 5.92 Å². The van der Waals surface area contributed by atoms with E-state index < -0.39 is 0 Å². The number of phenols is 1. The van der Waals surface area contributed by atoms with Gasteiger partial charge in [-0.1, -0.05) is 31.5 Å². The van der Waals surface area contributed by atoms with Crippen molar-refractivity contribution in [1.82, 2.24) is 4.98 Å². The molecule has 0 radical (unpaired) electrons. The standard InChI is InChI=1S/C27H32ClN3O3/c1-15(2)10-24(32)21-14-30-23-9-4-16(17-12-22(28)27(33)25(13-17)34-3)11-20(23)26(21)31-19-7-5-18(29)6-8-19/h4,9,11-15,18-19,33H,5-8,10,29H2,1-3H3,(H,30,31). The Morgan fingerprint density at radius 3 is 2.62 bits per heavy atom. The monoisotopic (exact) mass is 481 g/mol. The summed E-state index contributed by atoms with van der Waals surface area (Å²) in [5.41, 5.74) is 10.1. The lowest BCUT2D eigenvalue weighted by atomic mass is 9.90. The lowest BCUT2D eigenvalue weighted by Crippen LogP contribution is -2.33. The second-order valence-corrected chi connectivity index (χ2v) is 9.97. The highest BCUT2D eigenvalue weighted by Gasteiger charge is 2.23. The Kier molecular flexibility index (Phi) is 7.29. The number of pyridine rings is 1. The van der Waals surface area contributed by atoms with Gasteiger partial charge in [-0.2, -0.15) is 0 Å². The quantitative estimate of drug-likeness (QED) is 0.348. The van der Waals surface area contributed by atoms with Crippen LogP contribution < -0.4 is 15.8 Å². The van der Waals surface area contributed by atoms with Crippen LogP contribution in [0.3, 0.4) is 0 Å². The zero-order chi connectivity index (χ0) is 24.4. The van der Waals surface area contributed by atoms with Crippen molar-refractivity contribution >= 4 is 34.0 Å². The molecule has 6 nitrogen and oxygen atoms in total. The van der Waals surface area contributed by atoms with Crippen molar-refractivity contribution in [2.75, 3.05) is 12.4 Å². The topological polar surface area (TPSA) is 97.5 Å². The van der Waals surface area contributed by atoms with Crippen molar-refractivity contribution in [2.24, 2.45) is 11.7 Å². The minimum Gasteiger partial charge on any atom is -0.503 e. The zero-order valence-corrected chi connectivity index (χ0v) is 20.7. The van der Waals surface area contributed by atoms with Crippen LogP contribution >= 0.6 is 11.6 Å². The van der Waals surface area contributed by atoms with Gasteiger partial charge in [-0.3, -0.25) is 9.78 Å². The number of fused-ring (bicyclic) bond motifs is 1. The van der Waals surface area contributed by atoms with Crippen LogP contribution in [0.25, 0.3) is 22.0 Å². The molecule has 180 valence electrons. The Labute approximate surface area is 205 Å². The minimum absolute atomic E-state index is 0.0826. The maximum absolute atomic E-state index is 13.2. The predicted octanol–water partition coefficient (Wildman–Crippen LogP) is 6.18. The molecular formula is C27H32ClN3O3. The number of benzene rings is 2. The van der Waals surface area contributed by atoms with E-state index in [0.29, 0.717) is 17.7 Å². The molecule has 0 bridgehead atoms. The number of aromatic nitrogens is 1. The van der Waals surface area contributed by atoms with Gasteiger partial charge in [0.05, 0.1) is 28.9 Å². The molecule has 0 atom stereocenters. The lowest BCUT2D eigenvalue weighted by Gasteiger charge is -2.29. The van der Waals surface area contributed by atoms with E-state index in [-0.39, 0.29) is 34.6 Å². The molecule has 34 heavy (non-hydrogen) atoms. The highest BCUT2D eigenvalue weighted by Crippen LogP contribution is 2.40. The molecular weight excluding hydrogens is 450 g/mol. The summed E-state index contributed by atoms with van der Waals surface area (Å²) >= 11 is 6.24. The number of Topliss-reactive ketones (excluding diaryl/α,β-unsaturated/α-hetero) is 1. The number of rotatable bonds is 7. The number of aromatic hydroxyl groups is 1. The van der Waals surface area contributed by atoms with Crippen molar-refractivity contribution in [3.8, 4) is 22.6 Å². The molecule has 7 heteroatoms. The van der Waals surface area contributed by atoms with E-state index >= 15 is 0 Å². The number of nitrogens with zero attached hydrogens (tertiary/aromatic N) is 1. The van der Waals surface area contributed by atoms with Crippen molar-refractivity contribution < 1.29 is 14.6 Å². The summed E-state index contributed by atoms with van der Waals surface area (Å²) in [6.45, 7) is 4.09. The van der Waals surface area contributed by atoms with E-state index in [1.54, 1.807) is 18.3 Å². The number of methoxy groups -OCH3 is 1. The summed E-state index contributed by atoms with van der Waals surface area (Å²) < 4.78 is 5.28. The highest BCUT2D eigenvalue weighted by atomic mass is 35.5. The fourth-order valence-electron chi connectivity index (χ4n) is 4.58. The predicted molar refractivity (Wildman–Crippen MR) is 138 cm³/mol. The average molecular weight is 482 g/mol. The normalized spacial score (nSPS) is 18.3. The third kappa shape index (κ3) is 5.13. The number of phenolic OH excluding ortho intramolecular Hbond substituents is 1. The van der Waals surface area contributed by atoms with E-state index in [1.807, 2.05) is 32.0 Å². The fraction of sp³-hybridized carbons (Fsp3) is 0.407. The van der Waals surface area contributed by atoms with Gasteiger partial charge in [0.25, 0.3) is 0 Å². The number of carbonyl (C=O) groups excluding carboxylic acids is 1. The van der Waals surface area contributed by atoms with Gasteiger partial charge < -0.3 is 20.9 Å². The number of anilines is 1. The number of nitrogens with two attached hydrogens (primary N) is 1. The molecule has 4 rings (SSSR count). The highest BCUT2D eigenvalue weighted by molar-refractivity contribution is 6.32. The first-order valence-corrected chi connectivity index (χ1v) is 12.2. The zero-order valence-electron chi connectivity index (χ0n) is 19.9. The molecule has 1 heterocycles. The van der Waals surface area contributed by atoms with E-state index in [9.17, 15) is 9.90 Å². The first-order chi connectivity index (χ1) is 16.3. The molecule has 1 fully saturated rings. The molecule has 4 N–H and O–H groups in total. The van der Waals surface area contributed by atoms with Gasteiger partial charge in [-0.05, 0) is 67.0 Å². The minimum atomic E-state index is -0.0881. The maximum atomic E-state index is 13.2. The number of halogens is 1. The Morgan fingerprint density at radius 1 is 1.21 bits per heavy atom. The molecule has 2 aromatic carbocycles. The second kappa shape index (κ2) is 10.2. The molecule has 1 aliphatic carbocycles. The number of nitrogens with one attached hydrogen (secondary N) is 1. The van der Waals surface area contributed by atoms with Gasteiger partial charge in [0.2, 0.25) is 0 Å². The summed E-state index contributed by atoms with van der Waals surface area (Å²) in [6.07, 6.45) is 6.02. The van der Waals surface area contributed by atoms with Crippen molar-refractivity contribution in [3.63, 3.8) is 0 Å². The molecule has 0 unspecified atom stereocenters. The number of ether oxygens (including phenoxy) is 1. The van der Waals surface area contributed by atoms with E-state index in [4.69, 9.17) is 22.1 Å². The molecule has 0 saturated heterocycles. The molecule has 3 aromatic rings.